The predicted molar refractivity (Wildman–Crippen MR) is 96.3 cm³/mol. The molecule has 0 fully saturated rings. The van der Waals surface area contributed by atoms with Crippen molar-refractivity contribution in [1.82, 2.24) is 0 Å². The Labute approximate surface area is 140 Å². The molecule has 2 aromatic rings. The van der Waals surface area contributed by atoms with Gasteiger partial charge >= 0.3 is 0 Å². The van der Waals surface area contributed by atoms with Gasteiger partial charge in [0.2, 0.25) is 0 Å². The number of hydrogen-bond donors (Lipinski definition) is 1. The molecule has 0 aliphatic rings. The molecule has 0 aliphatic heterocycles. The number of aryl methyl sites for hydroxylation is 2. The van der Waals surface area contributed by atoms with Crippen molar-refractivity contribution in [2.24, 2.45) is 0 Å². The van der Waals surface area contributed by atoms with Crippen molar-refractivity contribution in [2.75, 3.05) is 18.6 Å². The third-order valence-electron chi connectivity index (χ3n) is 3.75. The highest BCUT2D eigenvalue weighted by molar-refractivity contribution is 7.84. The Kier molecular flexibility index (Phi) is 6.37. The molecule has 4 heteroatoms. The van der Waals surface area contributed by atoms with E-state index in [0.29, 0.717) is 12.4 Å². The van der Waals surface area contributed by atoms with Crippen molar-refractivity contribution in [3.8, 4) is 16.9 Å². The van der Waals surface area contributed by atoms with Crippen LogP contribution in [0.25, 0.3) is 11.1 Å². The minimum absolute atomic E-state index is 0.0475. The van der Waals surface area contributed by atoms with Crippen LogP contribution in [0.1, 0.15) is 23.1 Å². The molecule has 0 heterocycles. The average molecular weight is 332 g/mol. The van der Waals surface area contributed by atoms with Crippen molar-refractivity contribution in [1.29, 1.82) is 0 Å². The Morgan fingerprint density at radius 2 is 1.83 bits per heavy atom. The van der Waals surface area contributed by atoms with Crippen molar-refractivity contribution < 1.29 is 14.1 Å². The number of ether oxygens (including phenoxy) is 1. The predicted octanol–water partition coefficient (Wildman–Crippen LogP) is 3.61. The zero-order chi connectivity index (χ0) is 16.8. The molecule has 3 nitrogen and oxygen atoms in total. The normalized spacial score (nSPS) is 12.2. The van der Waals surface area contributed by atoms with Crippen molar-refractivity contribution in [3.63, 3.8) is 0 Å². The molecule has 2 rings (SSSR count). The van der Waals surface area contributed by atoms with Gasteiger partial charge in [-0.2, -0.15) is 0 Å². The summed E-state index contributed by atoms with van der Waals surface area (Å²) in [5.41, 5.74) is 5.50. The van der Waals surface area contributed by atoms with E-state index in [4.69, 9.17) is 4.74 Å². The molecule has 0 saturated carbocycles. The summed E-state index contributed by atoms with van der Waals surface area (Å²) in [5, 5.41) is 9.31. The van der Waals surface area contributed by atoms with Crippen molar-refractivity contribution in [3.05, 3.63) is 53.1 Å². The molecule has 0 radical (unpaired) electrons. The van der Waals surface area contributed by atoms with Crippen LogP contribution in [0.2, 0.25) is 0 Å². The van der Waals surface area contributed by atoms with E-state index >= 15 is 0 Å². The Morgan fingerprint density at radius 1 is 1.13 bits per heavy atom. The SMILES string of the molecule is Cc1cc(OCCCS(C)=O)cc(C)c1-c1cccc(CO)c1. The van der Waals surface area contributed by atoms with Crippen molar-refractivity contribution >= 4 is 10.8 Å². The van der Waals surface area contributed by atoms with Crippen LogP contribution in [0, 0.1) is 13.8 Å². The maximum atomic E-state index is 11.1. The molecule has 1 unspecified atom stereocenters. The van der Waals surface area contributed by atoms with Crippen LogP contribution in [0.5, 0.6) is 5.75 Å². The summed E-state index contributed by atoms with van der Waals surface area (Å²) in [6, 6.07) is 12.0. The highest BCUT2D eigenvalue weighted by Gasteiger charge is 2.09. The summed E-state index contributed by atoms with van der Waals surface area (Å²) in [5.74, 6) is 1.52. The molecular formula is C19H24O3S. The van der Waals surface area contributed by atoms with E-state index < -0.39 is 10.8 Å². The van der Waals surface area contributed by atoms with Gasteiger partial charge in [-0.15, -0.1) is 0 Å². The summed E-state index contributed by atoms with van der Waals surface area (Å²) in [7, 11) is -0.765. The number of hydrogen-bond acceptors (Lipinski definition) is 3. The van der Waals surface area contributed by atoms with Gasteiger partial charge < -0.3 is 9.84 Å². The van der Waals surface area contributed by atoms with Gasteiger partial charge in [-0.25, -0.2) is 0 Å². The van der Waals surface area contributed by atoms with E-state index in [2.05, 4.69) is 19.9 Å². The molecule has 23 heavy (non-hydrogen) atoms. The highest BCUT2D eigenvalue weighted by atomic mass is 32.2. The summed E-state index contributed by atoms with van der Waals surface area (Å²) in [4.78, 5) is 0. The first kappa shape index (κ1) is 17.7. The summed E-state index contributed by atoms with van der Waals surface area (Å²) >= 11 is 0. The van der Waals surface area contributed by atoms with Gasteiger partial charge in [0.25, 0.3) is 0 Å². The van der Waals surface area contributed by atoms with Gasteiger partial charge in [0.15, 0.2) is 0 Å². The van der Waals surface area contributed by atoms with Crippen LogP contribution in [0.3, 0.4) is 0 Å². The van der Waals surface area contributed by atoms with Crippen molar-refractivity contribution in [2.45, 2.75) is 26.9 Å². The topological polar surface area (TPSA) is 46.5 Å². The lowest BCUT2D eigenvalue weighted by Gasteiger charge is -2.14. The maximum absolute atomic E-state index is 11.1. The van der Waals surface area contributed by atoms with Crippen LogP contribution in [-0.2, 0) is 17.4 Å². The molecule has 124 valence electrons. The highest BCUT2D eigenvalue weighted by Crippen LogP contribution is 2.31. The summed E-state index contributed by atoms with van der Waals surface area (Å²) in [6.45, 7) is 4.77. The molecule has 0 bridgehead atoms. The van der Waals surface area contributed by atoms with Crippen LogP contribution in [-0.4, -0.2) is 27.9 Å². The summed E-state index contributed by atoms with van der Waals surface area (Å²) in [6.07, 6.45) is 2.51. The van der Waals surface area contributed by atoms with E-state index in [1.165, 1.54) is 5.56 Å². The van der Waals surface area contributed by atoms with Crippen LogP contribution in [0.15, 0.2) is 36.4 Å². The molecule has 1 N–H and O–H groups in total. The zero-order valence-corrected chi connectivity index (χ0v) is 14.8. The van der Waals surface area contributed by atoms with Gasteiger partial charge in [0.05, 0.1) is 13.2 Å². The Morgan fingerprint density at radius 3 is 2.43 bits per heavy atom. The standard InChI is InChI=1S/C19H24O3S/c1-14-10-18(22-8-5-9-23(3)21)11-15(2)19(14)17-7-4-6-16(12-17)13-20/h4,6-7,10-12,20H,5,8-9,13H2,1-3H3. The molecule has 0 spiro atoms. The molecule has 0 aliphatic carbocycles. The average Bonchev–Trinajstić information content (AvgIpc) is 2.51. The second kappa shape index (κ2) is 8.27. The largest absolute Gasteiger partial charge is 0.494 e. The maximum Gasteiger partial charge on any atom is 0.119 e. The van der Waals surface area contributed by atoms with Gasteiger partial charge in [0.1, 0.15) is 5.75 Å². The van der Waals surface area contributed by atoms with Gasteiger partial charge in [-0.3, -0.25) is 4.21 Å². The molecular weight excluding hydrogens is 308 g/mol. The Balaban J connectivity index is 2.18. The molecule has 0 saturated heterocycles. The molecule has 0 aromatic heterocycles. The smallest absolute Gasteiger partial charge is 0.119 e. The quantitative estimate of drug-likeness (QED) is 0.788. The number of benzene rings is 2. The first-order chi connectivity index (χ1) is 11.0. The third-order valence-corrected chi connectivity index (χ3v) is 4.61. The van der Waals surface area contributed by atoms with Gasteiger partial charge in [-0.1, -0.05) is 18.2 Å². The minimum atomic E-state index is -0.765. The Bertz CT molecular complexity index is 672. The third kappa shape index (κ3) is 4.91. The van der Waals surface area contributed by atoms with E-state index in [0.717, 1.165) is 34.4 Å². The molecule has 1 atom stereocenters. The summed E-state index contributed by atoms with van der Waals surface area (Å²) < 4.78 is 16.8. The number of aliphatic hydroxyl groups is 1. The fraction of sp³-hybridized carbons (Fsp3) is 0.368. The lowest BCUT2D eigenvalue weighted by molar-refractivity contribution is 0.282. The van der Waals surface area contributed by atoms with E-state index in [-0.39, 0.29) is 6.61 Å². The van der Waals surface area contributed by atoms with Gasteiger partial charge in [-0.05, 0) is 66.3 Å². The van der Waals surface area contributed by atoms with Crippen LogP contribution in [0.4, 0.5) is 0 Å². The van der Waals surface area contributed by atoms with Crippen LogP contribution < -0.4 is 4.74 Å². The molecule has 2 aromatic carbocycles. The monoisotopic (exact) mass is 332 g/mol. The molecule has 0 amide bonds. The first-order valence-corrected chi connectivity index (χ1v) is 9.48. The second-order valence-corrected chi connectivity index (χ2v) is 7.32. The van der Waals surface area contributed by atoms with E-state index in [1.807, 2.05) is 30.3 Å². The fourth-order valence-electron chi connectivity index (χ4n) is 2.74. The van der Waals surface area contributed by atoms with Gasteiger partial charge in [0, 0.05) is 22.8 Å². The second-order valence-electron chi connectivity index (χ2n) is 5.77. The minimum Gasteiger partial charge on any atom is -0.494 e. The first-order valence-electron chi connectivity index (χ1n) is 7.75. The Hall–Kier alpha value is -1.65. The number of rotatable bonds is 7. The fourth-order valence-corrected chi connectivity index (χ4v) is 3.26. The number of aliphatic hydroxyl groups excluding tert-OH is 1. The lowest BCUT2D eigenvalue weighted by Crippen LogP contribution is -2.04. The zero-order valence-electron chi connectivity index (χ0n) is 14.0. The van der Waals surface area contributed by atoms with E-state index in [1.54, 1.807) is 6.26 Å². The lowest BCUT2D eigenvalue weighted by atomic mass is 9.94. The van der Waals surface area contributed by atoms with Crippen LogP contribution >= 0.6 is 0 Å². The van der Waals surface area contributed by atoms with E-state index in [9.17, 15) is 9.32 Å².